The maximum atomic E-state index is 4.70. The molecule has 114 valence electrons. The first-order valence-corrected chi connectivity index (χ1v) is 8.02. The van der Waals surface area contributed by atoms with Crippen molar-refractivity contribution in [3.05, 3.63) is 18.0 Å². The van der Waals surface area contributed by atoms with Gasteiger partial charge in [-0.15, -0.1) is 0 Å². The normalized spacial score (nSPS) is 13.3. The Morgan fingerprint density at radius 1 is 1.25 bits per heavy atom. The van der Waals surface area contributed by atoms with Crippen molar-refractivity contribution in [3.63, 3.8) is 0 Å². The van der Waals surface area contributed by atoms with Gasteiger partial charge in [0.1, 0.15) is 0 Å². The Balaban J connectivity index is 2.88. The van der Waals surface area contributed by atoms with Crippen molar-refractivity contribution in [3.8, 4) is 0 Å². The summed E-state index contributed by atoms with van der Waals surface area (Å²) in [5, 5.41) is 0. The van der Waals surface area contributed by atoms with Gasteiger partial charge >= 0.3 is 0 Å². The van der Waals surface area contributed by atoms with Crippen molar-refractivity contribution in [1.29, 1.82) is 0 Å². The summed E-state index contributed by atoms with van der Waals surface area (Å²) in [5.41, 5.74) is 1.51. The molecule has 0 fully saturated rings. The highest BCUT2D eigenvalue weighted by Crippen LogP contribution is 2.26. The van der Waals surface area contributed by atoms with Gasteiger partial charge in [-0.3, -0.25) is 0 Å². The highest BCUT2D eigenvalue weighted by atomic mass is 15.3. The number of rotatable bonds is 8. The van der Waals surface area contributed by atoms with E-state index in [-0.39, 0.29) is 0 Å². The monoisotopic (exact) mass is 277 g/mol. The maximum absolute atomic E-state index is 4.70. The van der Waals surface area contributed by atoms with Crippen LogP contribution in [0.5, 0.6) is 0 Å². The van der Waals surface area contributed by atoms with Gasteiger partial charge in [-0.25, -0.2) is 9.97 Å². The summed E-state index contributed by atoms with van der Waals surface area (Å²) in [6, 6.07) is 2.49. The van der Waals surface area contributed by atoms with Crippen LogP contribution in [0.4, 0.5) is 5.95 Å². The Morgan fingerprint density at radius 2 is 1.95 bits per heavy atom. The third-order valence-electron chi connectivity index (χ3n) is 4.43. The fraction of sp³-hybridized carbons (Fsp3) is 0.765. The predicted molar refractivity (Wildman–Crippen MR) is 87.2 cm³/mol. The van der Waals surface area contributed by atoms with Crippen molar-refractivity contribution >= 4 is 5.95 Å². The third kappa shape index (κ3) is 4.77. The molecule has 0 saturated heterocycles. The zero-order chi connectivity index (χ0) is 15.2. The molecule has 3 heteroatoms. The standard InChI is InChI=1S/C17H31N3/c1-7-14(4)20(13-11-17(5,6)9-3)16-18-12-10-15(8-2)19-16/h10,12,14H,7-9,11,13H2,1-6H3. The number of aryl methyl sites for hydroxylation is 1. The van der Waals surface area contributed by atoms with Crippen LogP contribution in [0.3, 0.4) is 0 Å². The summed E-state index contributed by atoms with van der Waals surface area (Å²) in [6.07, 6.45) is 6.35. The molecule has 0 aliphatic rings. The Kier molecular flexibility index (Phi) is 6.44. The Labute approximate surface area is 124 Å². The number of anilines is 1. The Bertz CT molecular complexity index is 401. The second kappa shape index (κ2) is 7.61. The second-order valence-electron chi connectivity index (χ2n) is 6.42. The van der Waals surface area contributed by atoms with Crippen molar-refractivity contribution in [1.82, 2.24) is 9.97 Å². The highest BCUT2D eigenvalue weighted by Gasteiger charge is 2.21. The van der Waals surface area contributed by atoms with Gasteiger partial charge in [0, 0.05) is 24.5 Å². The average molecular weight is 277 g/mol. The molecule has 0 bridgehead atoms. The van der Waals surface area contributed by atoms with Crippen LogP contribution < -0.4 is 4.90 Å². The van der Waals surface area contributed by atoms with E-state index in [1.54, 1.807) is 0 Å². The van der Waals surface area contributed by atoms with Crippen molar-refractivity contribution in [2.75, 3.05) is 11.4 Å². The molecule has 0 aliphatic heterocycles. The molecule has 0 aliphatic carbocycles. The minimum Gasteiger partial charge on any atom is -0.338 e. The van der Waals surface area contributed by atoms with E-state index in [4.69, 9.17) is 4.98 Å². The first kappa shape index (κ1) is 16.9. The largest absolute Gasteiger partial charge is 0.338 e. The van der Waals surface area contributed by atoms with Crippen molar-refractivity contribution in [2.24, 2.45) is 5.41 Å². The number of nitrogens with zero attached hydrogens (tertiary/aromatic N) is 3. The lowest BCUT2D eigenvalue weighted by Crippen LogP contribution is -2.37. The molecule has 20 heavy (non-hydrogen) atoms. The molecule has 0 N–H and O–H groups in total. The lowest BCUT2D eigenvalue weighted by Gasteiger charge is -2.32. The lowest BCUT2D eigenvalue weighted by atomic mass is 9.86. The maximum Gasteiger partial charge on any atom is 0.225 e. The van der Waals surface area contributed by atoms with Crippen molar-refractivity contribution in [2.45, 2.75) is 73.3 Å². The summed E-state index contributed by atoms with van der Waals surface area (Å²) < 4.78 is 0. The van der Waals surface area contributed by atoms with Crippen LogP contribution in [0.25, 0.3) is 0 Å². The summed E-state index contributed by atoms with van der Waals surface area (Å²) in [4.78, 5) is 11.6. The molecule has 1 unspecified atom stereocenters. The fourth-order valence-corrected chi connectivity index (χ4v) is 2.06. The first-order valence-electron chi connectivity index (χ1n) is 8.02. The highest BCUT2D eigenvalue weighted by molar-refractivity contribution is 5.31. The van der Waals surface area contributed by atoms with Gasteiger partial charge in [-0.05, 0) is 37.7 Å². The topological polar surface area (TPSA) is 29.0 Å². The molecule has 0 aromatic carbocycles. The van der Waals surface area contributed by atoms with E-state index < -0.39 is 0 Å². The van der Waals surface area contributed by atoms with E-state index in [1.165, 1.54) is 12.8 Å². The van der Waals surface area contributed by atoms with Gasteiger partial charge in [-0.1, -0.05) is 41.0 Å². The van der Waals surface area contributed by atoms with Crippen LogP contribution in [-0.4, -0.2) is 22.6 Å². The molecular weight excluding hydrogens is 246 g/mol. The van der Waals surface area contributed by atoms with Gasteiger partial charge in [-0.2, -0.15) is 0 Å². The number of hydrogen-bond acceptors (Lipinski definition) is 3. The first-order chi connectivity index (χ1) is 9.43. The van der Waals surface area contributed by atoms with E-state index in [1.807, 2.05) is 12.3 Å². The molecule has 0 amide bonds. The minimum atomic E-state index is 0.383. The van der Waals surface area contributed by atoms with Gasteiger partial charge in [0.25, 0.3) is 0 Å². The molecule has 0 radical (unpaired) electrons. The van der Waals surface area contributed by atoms with Crippen LogP contribution in [0.1, 0.15) is 66.5 Å². The predicted octanol–water partition coefficient (Wildman–Crippen LogP) is 4.47. The summed E-state index contributed by atoms with van der Waals surface area (Å²) in [7, 11) is 0. The number of hydrogen-bond donors (Lipinski definition) is 0. The van der Waals surface area contributed by atoms with E-state index >= 15 is 0 Å². The van der Waals surface area contributed by atoms with Crippen LogP contribution in [0.15, 0.2) is 12.3 Å². The van der Waals surface area contributed by atoms with Gasteiger partial charge < -0.3 is 4.90 Å². The fourth-order valence-electron chi connectivity index (χ4n) is 2.06. The van der Waals surface area contributed by atoms with Gasteiger partial charge in [0.05, 0.1) is 0 Å². The number of aromatic nitrogens is 2. The van der Waals surface area contributed by atoms with E-state index in [0.717, 1.165) is 31.0 Å². The smallest absolute Gasteiger partial charge is 0.225 e. The molecule has 1 atom stereocenters. The molecule has 0 saturated carbocycles. The van der Waals surface area contributed by atoms with E-state index in [0.29, 0.717) is 11.5 Å². The third-order valence-corrected chi connectivity index (χ3v) is 4.43. The second-order valence-corrected chi connectivity index (χ2v) is 6.42. The summed E-state index contributed by atoms with van der Waals surface area (Å²) in [6.45, 7) is 14.6. The van der Waals surface area contributed by atoms with Crippen LogP contribution in [-0.2, 0) is 6.42 Å². The molecule has 1 rings (SSSR count). The van der Waals surface area contributed by atoms with Crippen LogP contribution in [0, 0.1) is 5.41 Å². The van der Waals surface area contributed by atoms with Crippen LogP contribution >= 0.6 is 0 Å². The summed E-state index contributed by atoms with van der Waals surface area (Å²) in [5.74, 6) is 0.894. The Morgan fingerprint density at radius 3 is 2.50 bits per heavy atom. The molecule has 3 nitrogen and oxygen atoms in total. The summed E-state index contributed by atoms with van der Waals surface area (Å²) >= 11 is 0. The van der Waals surface area contributed by atoms with E-state index in [9.17, 15) is 0 Å². The van der Waals surface area contributed by atoms with Gasteiger partial charge in [0.15, 0.2) is 0 Å². The lowest BCUT2D eigenvalue weighted by molar-refractivity contribution is 0.319. The SMILES string of the molecule is CCc1ccnc(N(CCC(C)(C)CC)C(C)CC)n1. The minimum absolute atomic E-state index is 0.383. The quantitative estimate of drug-likeness (QED) is 0.702. The Hall–Kier alpha value is -1.12. The molecule has 1 aromatic rings. The van der Waals surface area contributed by atoms with E-state index in [2.05, 4.69) is 51.4 Å². The van der Waals surface area contributed by atoms with Gasteiger partial charge in [0.2, 0.25) is 5.95 Å². The molecule has 0 spiro atoms. The molecular formula is C17H31N3. The average Bonchev–Trinajstić information content (AvgIpc) is 2.47. The van der Waals surface area contributed by atoms with Crippen LogP contribution in [0.2, 0.25) is 0 Å². The van der Waals surface area contributed by atoms with Crippen molar-refractivity contribution < 1.29 is 0 Å². The molecule has 1 aromatic heterocycles. The zero-order valence-corrected chi connectivity index (χ0v) is 14.1. The zero-order valence-electron chi connectivity index (χ0n) is 14.1. The molecule has 1 heterocycles.